The fourth-order valence-electron chi connectivity index (χ4n) is 2.73. The minimum Gasteiger partial charge on any atom is -0.241 e. The van der Waals surface area contributed by atoms with Crippen LogP contribution in [-0.2, 0) is 10.0 Å². The first-order valence-electron chi connectivity index (χ1n) is 6.99. The number of aromatic nitrogens is 3. The van der Waals surface area contributed by atoms with Gasteiger partial charge in [0.05, 0.1) is 17.3 Å². The van der Waals surface area contributed by atoms with Crippen molar-refractivity contribution >= 4 is 21.1 Å². The first kappa shape index (κ1) is 14.4. The second-order valence-corrected chi connectivity index (χ2v) is 7.46. The number of benzene rings is 1. The molecule has 0 N–H and O–H groups in total. The molecule has 1 fully saturated rings. The number of nitrogens with zero attached hydrogens (tertiary/aromatic N) is 4. The third-order valence-electron chi connectivity index (χ3n) is 3.96. The van der Waals surface area contributed by atoms with E-state index in [0.29, 0.717) is 31.4 Å². The molecule has 0 bridgehead atoms. The van der Waals surface area contributed by atoms with Crippen molar-refractivity contribution in [2.24, 2.45) is 0 Å². The summed E-state index contributed by atoms with van der Waals surface area (Å²) in [7, 11) is -3.12. The van der Waals surface area contributed by atoms with Gasteiger partial charge in [0.2, 0.25) is 10.0 Å². The lowest BCUT2D eigenvalue weighted by molar-refractivity contribution is 0.263. The van der Waals surface area contributed by atoms with E-state index in [1.807, 2.05) is 0 Å². The Bertz CT molecular complexity index is 751. The minimum atomic E-state index is -3.12. The van der Waals surface area contributed by atoms with E-state index < -0.39 is 10.0 Å². The molecule has 6 nitrogen and oxygen atoms in total. The average Bonchev–Trinajstić information content (AvgIpc) is 2.90. The fourth-order valence-corrected chi connectivity index (χ4v) is 3.86. The predicted molar refractivity (Wildman–Crippen MR) is 76.8 cm³/mol. The molecule has 1 aromatic heterocycles. The summed E-state index contributed by atoms with van der Waals surface area (Å²) < 4.78 is 40.2. The summed E-state index contributed by atoms with van der Waals surface area (Å²) in [5, 5.41) is 8.08. The SMILES string of the molecule is CCS(=O)(=O)N1CCC(n2nnc3cc(F)ccc32)CC1. The minimum absolute atomic E-state index is 0.101. The van der Waals surface area contributed by atoms with Crippen LogP contribution in [0, 0.1) is 5.82 Å². The van der Waals surface area contributed by atoms with Gasteiger partial charge in [-0.3, -0.25) is 0 Å². The van der Waals surface area contributed by atoms with Gasteiger partial charge in [-0.25, -0.2) is 21.8 Å². The van der Waals surface area contributed by atoms with Crippen LogP contribution < -0.4 is 0 Å². The molecule has 114 valence electrons. The maximum Gasteiger partial charge on any atom is 0.213 e. The monoisotopic (exact) mass is 312 g/mol. The van der Waals surface area contributed by atoms with Crippen molar-refractivity contribution in [3.63, 3.8) is 0 Å². The molecule has 0 atom stereocenters. The molecule has 3 rings (SSSR count). The normalized spacial score (nSPS) is 18.4. The number of halogens is 1. The van der Waals surface area contributed by atoms with E-state index in [9.17, 15) is 12.8 Å². The van der Waals surface area contributed by atoms with Crippen molar-refractivity contribution in [1.82, 2.24) is 19.3 Å². The van der Waals surface area contributed by atoms with E-state index in [1.54, 1.807) is 17.7 Å². The number of hydrogen-bond donors (Lipinski definition) is 0. The van der Waals surface area contributed by atoms with Crippen LogP contribution in [0.25, 0.3) is 11.0 Å². The summed E-state index contributed by atoms with van der Waals surface area (Å²) in [5.41, 5.74) is 1.31. The first-order valence-corrected chi connectivity index (χ1v) is 8.60. The zero-order chi connectivity index (χ0) is 15.0. The lowest BCUT2D eigenvalue weighted by atomic mass is 10.1. The Balaban J connectivity index is 1.80. The lowest BCUT2D eigenvalue weighted by Crippen LogP contribution is -2.39. The maximum absolute atomic E-state index is 13.2. The summed E-state index contributed by atoms with van der Waals surface area (Å²) in [6, 6.07) is 4.51. The van der Waals surface area contributed by atoms with Crippen LogP contribution in [0.4, 0.5) is 4.39 Å². The van der Waals surface area contributed by atoms with Gasteiger partial charge in [-0.2, -0.15) is 0 Å². The van der Waals surface area contributed by atoms with Gasteiger partial charge in [-0.05, 0) is 31.9 Å². The number of sulfonamides is 1. The number of rotatable bonds is 3. The summed E-state index contributed by atoms with van der Waals surface area (Å²) in [4.78, 5) is 0. The summed E-state index contributed by atoms with van der Waals surface area (Å²) in [6.07, 6.45) is 1.38. The molecule has 0 aliphatic carbocycles. The van der Waals surface area contributed by atoms with Crippen LogP contribution in [-0.4, -0.2) is 46.6 Å². The largest absolute Gasteiger partial charge is 0.241 e. The number of hydrogen-bond acceptors (Lipinski definition) is 4. The molecule has 8 heteroatoms. The molecule has 0 spiro atoms. The second-order valence-electron chi connectivity index (χ2n) is 5.20. The van der Waals surface area contributed by atoms with Crippen LogP contribution in [0.5, 0.6) is 0 Å². The number of fused-ring (bicyclic) bond motifs is 1. The van der Waals surface area contributed by atoms with Crippen molar-refractivity contribution in [3.05, 3.63) is 24.0 Å². The summed E-state index contributed by atoms with van der Waals surface area (Å²) in [5.74, 6) is -0.207. The van der Waals surface area contributed by atoms with Crippen molar-refractivity contribution in [1.29, 1.82) is 0 Å². The van der Waals surface area contributed by atoms with Crippen molar-refractivity contribution in [2.75, 3.05) is 18.8 Å². The van der Waals surface area contributed by atoms with Crippen LogP contribution in [0.2, 0.25) is 0 Å². The topological polar surface area (TPSA) is 68.1 Å². The quantitative estimate of drug-likeness (QED) is 0.862. The van der Waals surface area contributed by atoms with Gasteiger partial charge in [0.15, 0.2) is 0 Å². The molecular weight excluding hydrogens is 295 g/mol. The third kappa shape index (κ3) is 2.65. The maximum atomic E-state index is 13.2. The highest BCUT2D eigenvalue weighted by atomic mass is 32.2. The van der Waals surface area contributed by atoms with E-state index >= 15 is 0 Å². The predicted octanol–water partition coefficient (Wildman–Crippen LogP) is 1.56. The Labute approximate surface area is 122 Å². The van der Waals surface area contributed by atoms with Gasteiger partial charge >= 0.3 is 0 Å². The van der Waals surface area contributed by atoms with Crippen LogP contribution in [0.1, 0.15) is 25.8 Å². The highest BCUT2D eigenvalue weighted by Gasteiger charge is 2.28. The lowest BCUT2D eigenvalue weighted by Gasteiger charge is -2.31. The average molecular weight is 312 g/mol. The van der Waals surface area contributed by atoms with E-state index in [-0.39, 0.29) is 17.6 Å². The Morgan fingerprint density at radius 1 is 1.33 bits per heavy atom. The van der Waals surface area contributed by atoms with Gasteiger partial charge in [-0.15, -0.1) is 5.10 Å². The second kappa shape index (κ2) is 5.34. The van der Waals surface area contributed by atoms with Crippen molar-refractivity contribution in [2.45, 2.75) is 25.8 Å². The Kier molecular flexibility index (Phi) is 3.66. The molecule has 2 aromatic rings. The molecule has 1 aliphatic heterocycles. The molecule has 1 aliphatic rings. The van der Waals surface area contributed by atoms with E-state index in [4.69, 9.17) is 0 Å². The smallest absolute Gasteiger partial charge is 0.213 e. The van der Waals surface area contributed by atoms with E-state index in [1.165, 1.54) is 16.4 Å². The van der Waals surface area contributed by atoms with Crippen LogP contribution >= 0.6 is 0 Å². The van der Waals surface area contributed by atoms with Gasteiger partial charge < -0.3 is 0 Å². The van der Waals surface area contributed by atoms with Crippen LogP contribution in [0.3, 0.4) is 0 Å². The molecule has 0 radical (unpaired) electrons. The first-order chi connectivity index (χ1) is 10.0. The van der Waals surface area contributed by atoms with E-state index in [2.05, 4.69) is 10.3 Å². The van der Waals surface area contributed by atoms with Gasteiger partial charge in [-0.1, -0.05) is 5.21 Å². The van der Waals surface area contributed by atoms with Gasteiger partial charge in [0, 0.05) is 19.2 Å². The molecule has 0 saturated carbocycles. The van der Waals surface area contributed by atoms with Gasteiger partial charge in [0.25, 0.3) is 0 Å². The molecule has 1 aromatic carbocycles. The van der Waals surface area contributed by atoms with Gasteiger partial charge in [0.1, 0.15) is 11.3 Å². The highest BCUT2D eigenvalue weighted by Crippen LogP contribution is 2.26. The Morgan fingerprint density at radius 3 is 2.71 bits per heavy atom. The molecule has 2 heterocycles. The van der Waals surface area contributed by atoms with Crippen LogP contribution in [0.15, 0.2) is 18.2 Å². The Hall–Kier alpha value is -1.54. The summed E-state index contributed by atoms with van der Waals surface area (Å²) >= 11 is 0. The van der Waals surface area contributed by atoms with Crippen molar-refractivity contribution in [3.8, 4) is 0 Å². The third-order valence-corrected chi connectivity index (χ3v) is 5.84. The highest BCUT2D eigenvalue weighted by molar-refractivity contribution is 7.89. The zero-order valence-corrected chi connectivity index (χ0v) is 12.6. The zero-order valence-electron chi connectivity index (χ0n) is 11.7. The van der Waals surface area contributed by atoms with E-state index in [0.717, 1.165) is 5.52 Å². The Morgan fingerprint density at radius 2 is 2.05 bits per heavy atom. The van der Waals surface area contributed by atoms with Crippen molar-refractivity contribution < 1.29 is 12.8 Å². The molecule has 0 amide bonds. The molecular formula is C13H17FN4O2S. The fraction of sp³-hybridized carbons (Fsp3) is 0.538. The molecule has 21 heavy (non-hydrogen) atoms. The molecule has 1 saturated heterocycles. The standard InChI is InChI=1S/C13H17FN4O2S/c1-2-21(19,20)17-7-5-11(6-8-17)18-13-4-3-10(14)9-12(13)15-16-18/h3-4,9,11H,2,5-8H2,1H3. The molecule has 0 unspecified atom stereocenters. The number of piperidine rings is 1. The summed E-state index contributed by atoms with van der Waals surface area (Å²) in [6.45, 7) is 2.63.